The van der Waals surface area contributed by atoms with Crippen LogP contribution in [0.4, 0.5) is 0 Å². The second-order valence-corrected chi connectivity index (χ2v) is 6.32. The second kappa shape index (κ2) is 6.01. The monoisotopic (exact) mass is 295 g/mol. The Morgan fingerprint density at radius 1 is 1.24 bits per heavy atom. The van der Waals surface area contributed by atoms with Crippen molar-refractivity contribution < 1.29 is 0 Å². The Kier molecular flexibility index (Phi) is 4.63. The van der Waals surface area contributed by atoms with Gasteiger partial charge in [-0.15, -0.1) is 0 Å². The number of benzene rings is 1. The van der Waals surface area contributed by atoms with Crippen molar-refractivity contribution >= 4 is 15.9 Å². The molecule has 1 N–H and O–H groups in total. The molecule has 1 aromatic carbocycles. The molecule has 1 fully saturated rings. The summed E-state index contributed by atoms with van der Waals surface area (Å²) in [7, 11) is 0. The zero-order valence-corrected chi connectivity index (χ0v) is 12.3. The van der Waals surface area contributed by atoms with Gasteiger partial charge in [-0.05, 0) is 56.2 Å². The SMILES string of the molecule is CC1CCC(N[C@H](C)c2cccc(Br)c2)CC1. The summed E-state index contributed by atoms with van der Waals surface area (Å²) < 4.78 is 1.17. The Hall–Kier alpha value is -0.340. The molecule has 1 atom stereocenters. The van der Waals surface area contributed by atoms with Crippen molar-refractivity contribution in [1.29, 1.82) is 0 Å². The first-order chi connectivity index (χ1) is 8.15. The van der Waals surface area contributed by atoms with E-state index in [4.69, 9.17) is 0 Å². The fourth-order valence-corrected chi connectivity index (χ4v) is 3.07. The fourth-order valence-electron chi connectivity index (χ4n) is 2.65. The molecule has 1 aliphatic rings. The zero-order valence-electron chi connectivity index (χ0n) is 10.7. The van der Waals surface area contributed by atoms with Crippen LogP contribution in [0.1, 0.15) is 51.1 Å². The average Bonchev–Trinajstić information content (AvgIpc) is 2.32. The van der Waals surface area contributed by atoms with E-state index in [0.29, 0.717) is 12.1 Å². The van der Waals surface area contributed by atoms with Crippen LogP contribution in [0.5, 0.6) is 0 Å². The van der Waals surface area contributed by atoms with Crippen LogP contribution in [0.25, 0.3) is 0 Å². The summed E-state index contributed by atoms with van der Waals surface area (Å²) in [6.07, 6.45) is 5.42. The summed E-state index contributed by atoms with van der Waals surface area (Å²) in [4.78, 5) is 0. The van der Waals surface area contributed by atoms with E-state index in [1.54, 1.807) is 0 Å². The van der Waals surface area contributed by atoms with Crippen LogP contribution >= 0.6 is 15.9 Å². The van der Waals surface area contributed by atoms with Gasteiger partial charge in [-0.1, -0.05) is 35.0 Å². The summed E-state index contributed by atoms with van der Waals surface area (Å²) in [5, 5.41) is 3.76. The lowest BCUT2D eigenvalue weighted by atomic mass is 9.87. The van der Waals surface area contributed by atoms with Crippen molar-refractivity contribution in [3.05, 3.63) is 34.3 Å². The van der Waals surface area contributed by atoms with Crippen LogP contribution in [0.15, 0.2) is 28.7 Å². The minimum atomic E-state index is 0.450. The molecule has 0 aromatic heterocycles. The normalized spacial score (nSPS) is 26.8. The first-order valence-electron chi connectivity index (χ1n) is 6.66. The lowest BCUT2D eigenvalue weighted by Crippen LogP contribution is -2.34. The summed E-state index contributed by atoms with van der Waals surface area (Å²) in [5.41, 5.74) is 1.37. The van der Waals surface area contributed by atoms with Crippen LogP contribution in [-0.4, -0.2) is 6.04 Å². The highest BCUT2D eigenvalue weighted by Crippen LogP contribution is 2.26. The maximum absolute atomic E-state index is 3.76. The number of hydrogen-bond donors (Lipinski definition) is 1. The van der Waals surface area contributed by atoms with E-state index in [-0.39, 0.29) is 0 Å². The molecule has 0 heterocycles. The Balaban J connectivity index is 1.90. The van der Waals surface area contributed by atoms with Crippen molar-refractivity contribution in [2.24, 2.45) is 5.92 Å². The van der Waals surface area contributed by atoms with Crippen molar-refractivity contribution in [2.75, 3.05) is 0 Å². The third-order valence-electron chi connectivity index (χ3n) is 3.85. The summed E-state index contributed by atoms with van der Waals surface area (Å²) in [6.45, 7) is 4.63. The quantitative estimate of drug-likeness (QED) is 0.854. The first-order valence-corrected chi connectivity index (χ1v) is 7.46. The van der Waals surface area contributed by atoms with Crippen LogP contribution < -0.4 is 5.32 Å². The minimum absolute atomic E-state index is 0.450. The predicted octanol–water partition coefficient (Wildman–Crippen LogP) is 4.68. The predicted molar refractivity (Wildman–Crippen MR) is 77.1 cm³/mol. The lowest BCUT2D eigenvalue weighted by Gasteiger charge is -2.29. The third-order valence-corrected chi connectivity index (χ3v) is 4.34. The molecule has 0 saturated heterocycles. The van der Waals surface area contributed by atoms with Gasteiger partial charge in [0.05, 0.1) is 0 Å². The van der Waals surface area contributed by atoms with Gasteiger partial charge in [0.1, 0.15) is 0 Å². The molecular weight excluding hydrogens is 274 g/mol. The van der Waals surface area contributed by atoms with Crippen LogP contribution in [0.3, 0.4) is 0 Å². The van der Waals surface area contributed by atoms with Gasteiger partial charge in [-0.2, -0.15) is 0 Å². The smallest absolute Gasteiger partial charge is 0.0294 e. The van der Waals surface area contributed by atoms with Gasteiger partial charge >= 0.3 is 0 Å². The molecule has 2 rings (SSSR count). The average molecular weight is 296 g/mol. The zero-order chi connectivity index (χ0) is 12.3. The number of nitrogens with one attached hydrogen (secondary N) is 1. The molecule has 1 saturated carbocycles. The molecule has 1 aliphatic carbocycles. The molecule has 2 heteroatoms. The Morgan fingerprint density at radius 3 is 2.59 bits per heavy atom. The van der Waals surface area contributed by atoms with Crippen molar-refractivity contribution in [3.8, 4) is 0 Å². The third kappa shape index (κ3) is 3.82. The highest BCUT2D eigenvalue weighted by Gasteiger charge is 2.19. The van der Waals surface area contributed by atoms with Gasteiger partial charge in [-0.3, -0.25) is 0 Å². The van der Waals surface area contributed by atoms with Crippen molar-refractivity contribution in [3.63, 3.8) is 0 Å². The van der Waals surface area contributed by atoms with Gasteiger partial charge in [0.25, 0.3) is 0 Å². The van der Waals surface area contributed by atoms with E-state index >= 15 is 0 Å². The van der Waals surface area contributed by atoms with Crippen LogP contribution in [0, 0.1) is 5.92 Å². The van der Waals surface area contributed by atoms with E-state index in [2.05, 4.69) is 59.4 Å². The molecule has 0 unspecified atom stereocenters. The van der Waals surface area contributed by atoms with Gasteiger partial charge in [-0.25, -0.2) is 0 Å². The standard InChI is InChI=1S/C15H22BrN/c1-11-6-8-15(9-7-11)17-12(2)13-4-3-5-14(16)10-13/h3-5,10-12,15,17H,6-9H2,1-2H3/t11?,12-,15?/m1/s1. The maximum Gasteiger partial charge on any atom is 0.0294 e. The Labute approximate surface area is 113 Å². The molecule has 0 bridgehead atoms. The fraction of sp³-hybridized carbons (Fsp3) is 0.600. The second-order valence-electron chi connectivity index (χ2n) is 5.40. The number of halogens is 1. The van der Waals surface area contributed by atoms with Gasteiger partial charge in [0, 0.05) is 16.6 Å². The molecule has 1 aromatic rings. The summed E-state index contributed by atoms with van der Waals surface area (Å²) >= 11 is 3.54. The number of hydrogen-bond acceptors (Lipinski definition) is 1. The van der Waals surface area contributed by atoms with E-state index in [1.165, 1.54) is 35.7 Å². The molecule has 17 heavy (non-hydrogen) atoms. The van der Waals surface area contributed by atoms with Crippen LogP contribution in [-0.2, 0) is 0 Å². The molecule has 0 amide bonds. The van der Waals surface area contributed by atoms with Crippen molar-refractivity contribution in [2.45, 2.75) is 51.6 Å². The van der Waals surface area contributed by atoms with Crippen molar-refractivity contribution in [1.82, 2.24) is 5.32 Å². The highest BCUT2D eigenvalue weighted by atomic mass is 79.9. The largest absolute Gasteiger partial charge is 0.307 e. The molecule has 0 aliphatic heterocycles. The van der Waals surface area contributed by atoms with E-state index in [1.807, 2.05) is 0 Å². The van der Waals surface area contributed by atoms with Crippen LogP contribution in [0.2, 0.25) is 0 Å². The molecule has 0 spiro atoms. The Morgan fingerprint density at radius 2 is 1.94 bits per heavy atom. The van der Waals surface area contributed by atoms with Gasteiger partial charge < -0.3 is 5.32 Å². The van der Waals surface area contributed by atoms with Gasteiger partial charge in [0.2, 0.25) is 0 Å². The molecule has 0 radical (unpaired) electrons. The maximum atomic E-state index is 3.76. The summed E-state index contributed by atoms with van der Waals surface area (Å²) in [5.74, 6) is 0.925. The van der Waals surface area contributed by atoms with E-state index < -0.39 is 0 Å². The highest BCUT2D eigenvalue weighted by molar-refractivity contribution is 9.10. The lowest BCUT2D eigenvalue weighted by molar-refractivity contribution is 0.291. The molecular formula is C15H22BrN. The molecule has 94 valence electrons. The molecule has 1 nitrogen and oxygen atoms in total. The van der Waals surface area contributed by atoms with E-state index in [0.717, 1.165) is 5.92 Å². The van der Waals surface area contributed by atoms with Gasteiger partial charge in [0.15, 0.2) is 0 Å². The minimum Gasteiger partial charge on any atom is -0.307 e. The first kappa shape index (κ1) is 13.1. The van der Waals surface area contributed by atoms with E-state index in [9.17, 15) is 0 Å². The Bertz CT molecular complexity index is 356. The summed E-state index contributed by atoms with van der Waals surface area (Å²) in [6, 6.07) is 9.77. The number of rotatable bonds is 3. The topological polar surface area (TPSA) is 12.0 Å².